The highest BCUT2D eigenvalue weighted by molar-refractivity contribution is 7.90. The van der Waals surface area contributed by atoms with E-state index in [9.17, 15) is 18.3 Å². The van der Waals surface area contributed by atoms with Gasteiger partial charge in [-0.3, -0.25) is 0 Å². The van der Waals surface area contributed by atoms with E-state index >= 15 is 0 Å². The molecule has 0 atom stereocenters. The fraction of sp³-hybridized carbons (Fsp3) is 0.118. The predicted octanol–water partition coefficient (Wildman–Crippen LogP) is 2.59. The van der Waals surface area contributed by atoms with E-state index in [-0.39, 0.29) is 21.7 Å². The van der Waals surface area contributed by atoms with Gasteiger partial charge in [-0.25, -0.2) is 17.2 Å². The van der Waals surface area contributed by atoms with Gasteiger partial charge in [0.05, 0.1) is 30.2 Å². The first-order chi connectivity index (χ1) is 11.9. The van der Waals surface area contributed by atoms with Gasteiger partial charge >= 0.3 is 5.97 Å². The molecule has 8 heteroatoms. The standard InChI is InChI=1S/C17H15NO6S/c1-23-15-8-7-11(9-16(15)24-2)25(21,22)18-10-13(17(19)20)12-5-3-4-6-14(12)18/h3-10H,1-2H3,(H,19,20). The molecule has 0 amide bonds. The normalized spacial score (nSPS) is 11.4. The fourth-order valence-corrected chi connectivity index (χ4v) is 4.00. The molecule has 0 radical (unpaired) electrons. The van der Waals surface area contributed by atoms with Crippen LogP contribution in [-0.4, -0.2) is 37.7 Å². The van der Waals surface area contributed by atoms with Crippen LogP contribution in [0.2, 0.25) is 0 Å². The molecule has 0 fully saturated rings. The quantitative estimate of drug-likeness (QED) is 0.751. The maximum atomic E-state index is 13.0. The number of nitrogens with zero attached hydrogens (tertiary/aromatic N) is 1. The van der Waals surface area contributed by atoms with Crippen molar-refractivity contribution < 1.29 is 27.8 Å². The number of fused-ring (bicyclic) bond motifs is 1. The maximum Gasteiger partial charge on any atom is 0.337 e. The molecule has 0 aliphatic heterocycles. The van der Waals surface area contributed by atoms with Gasteiger partial charge in [0.2, 0.25) is 0 Å². The van der Waals surface area contributed by atoms with Crippen molar-refractivity contribution in [1.29, 1.82) is 0 Å². The zero-order chi connectivity index (χ0) is 18.2. The number of para-hydroxylation sites is 1. The second-order valence-corrected chi connectivity index (χ2v) is 7.00. The van der Waals surface area contributed by atoms with E-state index in [1.165, 1.54) is 32.4 Å². The minimum Gasteiger partial charge on any atom is -0.493 e. The molecule has 7 nitrogen and oxygen atoms in total. The van der Waals surface area contributed by atoms with Gasteiger partial charge in [0.15, 0.2) is 11.5 Å². The Hall–Kier alpha value is -3.00. The first kappa shape index (κ1) is 16.8. The van der Waals surface area contributed by atoms with Crippen LogP contribution >= 0.6 is 0 Å². The molecule has 0 saturated carbocycles. The van der Waals surface area contributed by atoms with Crippen LogP contribution in [0.1, 0.15) is 10.4 Å². The molecule has 0 aliphatic rings. The Morgan fingerprint density at radius 3 is 2.36 bits per heavy atom. The average molecular weight is 361 g/mol. The van der Waals surface area contributed by atoms with Crippen molar-refractivity contribution in [2.24, 2.45) is 0 Å². The highest BCUT2D eigenvalue weighted by Crippen LogP contribution is 2.32. The zero-order valence-electron chi connectivity index (χ0n) is 13.5. The molecular formula is C17H15NO6S. The van der Waals surface area contributed by atoms with Gasteiger partial charge in [0.1, 0.15) is 0 Å². The van der Waals surface area contributed by atoms with E-state index in [2.05, 4.69) is 0 Å². The van der Waals surface area contributed by atoms with Crippen molar-refractivity contribution >= 4 is 26.9 Å². The molecule has 1 heterocycles. The van der Waals surface area contributed by atoms with Crippen molar-refractivity contribution in [2.75, 3.05) is 14.2 Å². The van der Waals surface area contributed by atoms with Gasteiger partial charge in [0, 0.05) is 17.6 Å². The number of hydrogen-bond acceptors (Lipinski definition) is 5. The van der Waals surface area contributed by atoms with E-state index in [4.69, 9.17) is 9.47 Å². The van der Waals surface area contributed by atoms with Gasteiger partial charge in [0.25, 0.3) is 10.0 Å². The molecular weight excluding hydrogens is 346 g/mol. The Morgan fingerprint density at radius 1 is 1.04 bits per heavy atom. The third-order valence-corrected chi connectivity index (χ3v) is 5.49. The van der Waals surface area contributed by atoms with Crippen molar-refractivity contribution in [3.05, 3.63) is 54.2 Å². The summed E-state index contributed by atoms with van der Waals surface area (Å²) >= 11 is 0. The molecule has 25 heavy (non-hydrogen) atoms. The SMILES string of the molecule is COc1ccc(S(=O)(=O)n2cc(C(=O)O)c3ccccc32)cc1OC. The summed E-state index contributed by atoms with van der Waals surface area (Å²) in [5.41, 5.74) is 0.203. The number of carboxylic acids is 1. The highest BCUT2D eigenvalue weighted by atomic mass is 32.2. The molecule has 0 bridgehead atoms. The summed E-state index contributed by atoms with van der Waals surface area (Å²) < 4.78 is 37.3. The molecule has 3 aromatic rings. The topological polar surface area (TPSA) is 94.8 Å². The van der Waals surface area contributed by atoms with Gasteiger partial charge in [-0.2, -0.15) is 0 Å². The fourth-order valence-electron chi connectivity index (χ4n) is 2.61. The van der Waals surface area contributed by atoms with Crippen molar-refractivity contribution in [3.63, 3.8) is 0 Å². The number of methoxy groups -OCH3 is 2. The first-order valence-corrected chi connectivity index (χ1v) is 8.65. The number of carbonyl (C=O) groups is 1. The molecule has 0 unspecified atom stereocenters. The number of rotatable bonds is 5. The number of ether oxygens (including phenoxy) is 2. The summed E-state index contributed by atoms with van der Waals surface area (Å²) in [7, 11) is -1.16. The van der Waals surface area contributed by atoms with Gasteiger partial charge in [-0.15, -0.1) is 0 Å². The molecule has 1 aromatic heterocycles. The first-order valence-electron chi connectivity index (χ1n) is 7.21. The third kappa shape index (κ3) is 2.70. The number of carboxylic acid groups (broad SMARTS) is 1. The van der Waals surface area contributed by atoms with E-state index in [0.717, 1.165) is 10.2 Å². The lowest BCUT2D eigenvalue weighted by Crippen LogP contribution is -2.12. The smallest absolute Gasteiger partial charge is 0.337 e. The number of aromatic nitrogens is 1. The van der Waals surface area contributed by atoms with E-state index < -0.39 is 16.0 Å². The largest absolute Gasteiger partial charge is 0.493 e. The van der Waals surface area contributed by atoms with E-state index in [0.29, 0.717) is 11.1 Å². The third-order valence-electron chi connectivity index (χ3n) is 3.82. The van der Waals surface area contributed by atoms with Crippen molar-refractivity contribution in [3.8, 4) is 11.5 Å². The van der Waals surface area contributed by atoms with Crippen molar-refractivity contribution in [1.82, 2.24) is 3.97 Å². The highest BCUT2D eigenvalue weighted by Gasteiger charge is 2.24. The Balaban J connectivity index is 2.25. The summed E-state index contributed by atoms with van der Waals surface area (Å²) in [6.45, 7) is 0. The molecule has 0 aliphatic carbocycles. The van der Waals surface area contributed by atoms with E-state index in [1.807, 2.05) is 0 Å². The Morgan fingerprint density at radius 2 is 1.72 bits per heavy atom. The second kappa shape index (κ2) is 6.14. The Labute approximate surface area is 144 Å². The van der Waals surface area contributed by atoms with Crippen LogP contribution in [0, 0.1) is 0 Å². The number of aromatic carboxylic acids is 1. The van der Waals surface area contributed by atoms with Gasteiger partial charge in [-0.05, 0) is 18.2 Å². The summed E-state index contributed by atoms with van der Waals surface area (Å²) in [5, 5.41) is 9.68. The monoisotopic (exact) mass is 361 g/mol. The summed E-state index contributed by atoms with van der Waals surface area (Å²) in [5.74, 6) is -0.541. The Bertz CT molecular complexity index is 1070. The minimum absolute atomic E-state index is 0.0390. The molecule has 1 N–H and O–H groups in total. The molecule has 0 spiro atoms. The van der Waals surface area contributed by atoms with Crippen molar-refractivity contribution in [2.45, 2.75) is 4.90 Å². The van der Waals surface area contributed by atoms with Gasteiger partial charge < -0.3 is 14.6 Å². The lowest BCUT2D eigenvalue weighted by molar-refractivity contribution is 0.0699. The van der Waals surface area contributed by atoms with Crippen LogP contribution in [-0.2, 0) is 10.0 Å². The van der Waals surface area contributed by atoms with Crippen LogP contribution in [0.25, 0.3) is 10.9 Å². The summed E-state index contributed by atoms with van der Waals surface area (Å²) in [6.07, 6.45) is 1.11. The summed E-state index contributed by atoms with van der Waals surface area (Å²) in [6, 6.07) is 10.6. The van der Waals surface area contributed by atoms with Crippen LogP contribution in [0.4, 0.5) is 0 Å². The number of benzene rings is 2. The second-order valence-electron chi connectivity index (χ2n) is 5.18. The molecule has 3 rings (SSSR count). The van der Waals surface area contributed by atoms with Gasteiger partial charge in [-0.1, -0.05) is 18.2 Å². The molecule has 130 valence electrons. The average Bonchev–Trinajstić information content (AvgIpc) is 3.01. The number of hydrogen-bond donors (Lipinski definition) is 1. The van der Waals surface area contributed by atoms with Crippen LogP contribution in [0.15, 0.2) is 53.6 Å². The summed E-state index contributed by atoms with van der Waals surface area (Å²) in [4.78, 5) is 11.4. The van der Waals surface area contributed by atoms with E-state index in [1.54, 1.807) is 24.3 Å². The maximum absolute atomic E-state index is 13.0. The van der Waals surface area contributed by atoms with Crippen LogP contribution in [0.5, 0.6) is 11.5 Å². The Kier molecular flexibility index (Phi) is 4.13. The molecule has 0 saturated heterocycles. The predicted molar refractivity (Wildman–Crippen MR) is 91.0 cm³/mol. The zero-order valence-corrected chi connectivity index (χ0v) is 14.3. The lowest BCUT2D eigenvalue weighted by atomic mass is 10.2. The van der Waals surface area contributed by atoms with Crippen LogP contribution < -0.4 is 9.47 Å². The molecule has 2 aromatic carbocycles. The van der Waals surface area contributed by atoms with Crippen LogP contribution in [0.3, 0.4) is 0 Å². The minimum atomic E-state index is -4.02. The lowest BCUT2D eigenvalue weighted by Gasteiger charge is -2.11.